The molecule has 1 atom stereocenters. The van der Waals surface area contributed by atoms with Crippen LogP contribution in [0.1, 0.15) is 32.3 Å². The summed E-state index contributed by atoms with van der Waals surface area (Å²) in [6, 6.07) is 16.5. The summed E-state index contributed by atoms with van der Waals surface area (Å²) in [5.74, 6) is -0.991. The van der Waals surface area contributed by atoms with Crippen molar-refractivity contribution in [1.82, 2.24) is 14.7 Å². The van der Waals surface area contributed by atoms with Gasteiger partial charge in [-0.2, -0.15) is 0 Å². The normalized spacial score (nSPS) is 20.1. The van der Waals surface area contributed by atoms with E-state index in [2.05, 4.69) is 4.90 Å². The summed E-state index contributed by atoms with van der Waals surface area (Å²) in [5.41, 5.74) is 1.79. The Morgan fingerprint density at radius 1 is 0.926 bits per heavy atom. The lowest BCUT2D eigenvalue weighted by atomic mass is 10.0. The molecular weight excluding hydrogens is 342 g/mol. The Labute approximate surface area is 158 Å². The number of hydrogen-bond donors (Lipinski definition) is 0. The fourth-order valence-electron chi connectivity index (χ4n) is 3.79. The molecule has 138 valence electrons. The van der Waals surface area contributed by atoms with E-state index in [9.17, 15) is 14.4 Å². The minimum absolute atomic E-state index is 0.0902. The van der Waals surface area contributed by atoms with Crippen molar-refractivity contribution in [1.29, 1.82) is 0 Å². The maximum atomic E-state index is 13.0. The van der Waals surface area contributed by atoms with Crippen LogP contribution in [0.4, 0.5) is 0 Å². The highest BCUT2D eigenvalue weighted by Crippen LogP contribution is 2.27. The average Bonchev–Trinajstić information content (AvgIpc) is 2.94. The van der Waals surface area contributed by atoms with Crippen molar-refractivity contribution < 1.29 is 14.4 Å². The summed E-state index contributed by atoms with van der Waals surface area (Å²) in [5, 5.41) is 0. The van der Waals surface area contributed by atoms with Gasteiger partial charge in [0, 0.05) is 19.6 Å². The summed E-state index contributed by atoms with van der Waals surface area (Å²) in [7, 11) is 2.03. The molecule has 1 fully saturated rings. The maximum Gasteiger partial charge on any atom is 0.262 e. The molecular formula is C21H21N3O3. The van der Waals surface area contributed by atoms with Gasteiger partial charge in [0.1, 0.15) is 6.54 Å². The molecule has 0 bridgehead atoms. The third kappa shape index (κ3) is 3.13. The van der Waals surface area contributed by atoms with Crippen molar-refractivity contribution in [3.63, 3.8) is 0 Å². The average molecular weight is 363 g/mol. The smallest absolute Gasteiger partial charge is 0.262 e. The molecule has 0 aromatic heterocycles. The lowest BCUT2D eigenvalue weighted by molar-refractivity contribution is -0.136. The van der Waals surface area contributed by atoms with Crippen LogP contribution in [0.5, 0.6) is 0 Å². The topological polar surface area (TPSA) is 60.9 Å². The zero-order valence-corrected chi connectivity index (χ0v) is 15.2. The van der Waals surface area contributed by atoms with Gasteiger partial charge in [-0.05, 0) is 24.7 Å². The van der Waals surface area contributed by atoms with Crippen molar-refractivity contribution in [2.75, 3.05) is 33.2 Å². The van der Waals surface area contributed by atoms with Gasteiger partial charge in [0.05, 0.1) is 17.2 Å². The predicted octanol–water partition coefficient (Wildman–Crippen LogP) is 1.80. The molecule has 0 N–H and O–H groups in total. The van der Waals surface area contributed by atoms with E-state index >= 15 is 0 Å². The molecule has 4 rings (SSSR count). The van der Waals surface area contributed by atoms with E-state index in [1.807, 2.05) is 37.4 Å². The Morgan fingerprint density at radius 3 is 2.15 bits per heavy atom. The third-order valence-electron chi connectivity index (χ3n) is 5.26. The van der Waals surface area contributed by atoms with Crippen LogP contribution in [0.25, 0.3) is 0 Å². The van der Waals surface area contributed by atoms with E-state index in [0.29, 0.717) is 17.7 Å². The van der Waals surface area contributed by atoms with Gasteiger partial charge in [-0.15, -0.1) is 0 Å². The molecule has 3 amide bonds. The predicted molar refractivity (Wildman–Crippen MR) is 100 cm³/mol. The van der Waals surface area contributed by atoms with Crippen LogP contribution in [0, 0.1) is 0 Å². The van der Waals surface area contributed by atoms with Crippen LogP contribution >= 0.6 is 0 Å². The number of piperazine rings is 1. The van der Waals surface area contributed by atoms with Crippen molar-refractivity contribution in [3.05, 3.63) is 71.3 Å². The van der Waals surface area contributed by atoms with Gasteiger partial charge < -0.3 is 9.80 Å². The summed E-state index contributed by atoms with van der Waals surface area (Å²) >= 11 is 0. The van der Waals surface area contributed by atoms with Gasteiger partial charge >= 0.3 is 0 Å². The number of carbonyl (C=O) groups is 3. The lowest BCUT2D eigenvalue weighted by Gasteiger charge is -2.40. The van der Waals surface area contributed by atoms with Crippen LogP contribution in [0.2, 0.25) is 0 Å². The summed E-state index contributed by atoms with van der Waals surface area (Å²) in [6.45, 7) is 1.83. The SMILES string of the molecule is CN1CCN(C(=O)CN2C(=O)c3ccccc3C2=O)[C@H](c2ccccc2)C1. The molecule has 1 saturated heterocycles. The summed E-state index contributed by atoms with van der Waals surface area (Å²) in [6.07, 6.45) is 0. The van der Waals surface area contributed by atoms with Gasteiger partial charge in [0.2, 0.25) is 5.91 Å². The van der Waals surface area contributed by atoms with E-state index in [0.717, 1.165) is 23.6 Å². The third-order valence-corrected chi connectivity index (χ3v) is 5.26. The largest absolute Gasteiger partial charge is 0.332 e. The first-order valence-corrected chi connectivity index (χ1v) is 9.04. The molecule has 2 heterocycles. The van der Waals surface area contributed by atoms with E-state index in [1.165, 1.54) is 0 Å². The molecule has 2 aliphatic rings. The van der Waals surface area contributed by atoms with Crippen LogP contribution in [0.3, 0.4) is 0 Å². The second kappa shape index (κ2) is 6.96. The number of benzene rings is 2. The lowest BCUT2D eigenvalue weighted by Crippen LogP contribution is -2.52. The molecule has 0 radical (unpaired) electrons. The van der Waals surface area contributed by atoms with Crippen LogP contribution in [0.15, 0.2) is 54.6 Å². The van der Waals surface area contributed by atoms with Crippen molar-refractivity contribution in [2.45, 2.75) is 6.04 Å². The molecule has 6 heteroatoms. The fourth-order valence-corrected chi connectivity index (χ4v) is 3.79. The van der Waals surface area contributed by atoms with Gasteiger partial charge in [0.25, 0.3) is 11.8 Å². The number of imide groups is 1. The van der Waals surface area contributed by atoms with Gasteiger partial charge in [0.15, 0.2) is 0 Å². The molecule has 2 aromatic carbocycles. The second-order valence-corrected chi connectivity index (χ2v) is 7.02. The number of nitrogens with zero attached hydrogens (tertiary/aromatic N) is 3. The van der Waals surface area contributed by atoms with Crippen molar-refractivity contribution in [2.24, 2.45) is 0 Å². The van der Waals surface area contributed by atoms with E-state index < -0.39 is 11.8 Å². The minimum atomic E-state index is -0.394. The maximum absolute atomic E-state index is 13.0. The van der Waals surface area contributed by atoms with Crippen molar-refractivity contribution in [3.8, 4) is 0 Å². The van der Waals surface area contributed by atoms with Crippen LogP contribution in [-0.4, -0.2) is 65.6 Å². The molecule has 6 nitrogen and oxygen atoms in total. The zero-order valence-electron chi connectivity index (χ0n) is 15.2. The Bertz CT molecular complexity index is 862. The number of fused-ring (bicyclic) bond motifs is 1. The van der Waals surface area contributed by atoms with E-state index in [4.69, 9.17) is 0 Å². The second-order valence-electron chi connectivity index (χ2n) is 7.02. The van der Waals surface area contributed by atoms with Gasteiger partial charge in [-0.25, -0.2) is 0 Å². The number of likely N-dealkylation sites (N-methyl/N-ethyl adjacent to an activating group) is 1. The molecule has 0 unspecified atom stereocenters. The zero-order chi connectivity index (χ0) is 19.0. The number of hydrogen-bond acceptors (Lipinski definition) is 4. The Balaban J connectivity index is 1.55. The summed E-state index contributed by atoms with van der Waals surface area (Å²) in [4.78, 5) is 43.2. The molecule has 2 aromatic rings. The first kappa shape index (κ1) is 17.4. The number of carbonyl (C=O) groups excluding carboxylic acids is 3. The van der Waals surface area contributed by atoms with E-state index in [1.54, 1.807) is 29.2 Å². The van der Waals surface area contributed by atoms with Gasteiger partial charge in [-0.1, -0.05) is 42.5 Å². The standard InChI is InChI=1S/C21H21N3O3/c1-22-11-12-23(18(13-22)15-7-3-2-4-8-15)19(25)14-24-20(26)16-9-5-6-10-17(16)21(24)27/h2-10,18H,11-14H2,1H3/t18-/m0/s1. The fraction of sp³-hybridized carbons (Fsp3) is 0.286. The first-order valence-electron chi connectivity index (χ1n) is 9.04. The molecule has 0 aliphatic carbocycles. The summed E-state index contributed by atoms with van der Waals surface area (Å²) < 4.78 is 0. The highest BCUT2D eigenvalue weighted by Gasteiger charge is 2.38. The Morgan fingerprint density at radius 2 is 1.52 bits per heavy atom. The van der Waals surface area contributed by atoms with Crippen LogP contribution < -0.4 is 0 Å². The van der Waals surface area contributed by atoms with Crippen LogP contribution in [-0.2, 0) is 4.79 Å². The minimum Gasteiger partial charge on any atom is -0.332 e. The Hall–Kier alpha value is -2.99. The molecule has 0 saturated carbocycles. The quantitative estimate of drug-likeness (QED) is 0.780. The molecule has 0 spiro atoms. The molecule has 27 heavy (non-hydrogen) atoms. The number of rotatable bonds is 3. The van der Waals surface area contributed by atoms with E-state index in [-0.39, 0.29) is 18.5 Å². The van der Waals surface area contributed by atoms with Gasteiger partial charge in [-0.3, -0.25) is 19.3 Å². The van der Waals surface area contributed by atoms with Crippen molar-refractivity contribution >= 4 is 17.7 Å². The highest BCUT2D eigenvalue weighted by atomic mass is 16.2. The monoisotopic (exact) mass is 363 g/mol. The first-order chi connectivity index (χ1) is 13.1. The molecule has 2 aliphatic heterocycles. The highest BCUT2D eigenvalue weighted by molar-refractivity contribution is 6.22. The Kier molecular flexibility index (Phi) is 4.49. The number of amides is 3.